The summed E-state index contributed by atoms with van der Waals surface area (Å²) in [4.78, 5) is 0. The Morgan fingerprint density at radius 2 is 1.80 bits per heavy atom. The largest absolute Gasteiger partial charge is 0.493 e. The average Bonchev–Trinajstić information content (AvgIpc) is 2.72. The predicted molar refractivity (Wildman–Crippen MR) is 128 cm³/mol. The van der Waals surface area contributed by atoms with E-state index in [1.54, 1.807) is 13.2 Å². The molecule has 0 fully saturated rings. The number of ether oxygens (including phenoxy) is 2. The molecule has 0 radical (unpaired) electrons. The Morgan fingerprint density at radius 3 is 2.53 bits per heavy atom. The molecule has 3 aromatic rings. The molecule has 0 aliphatic heterocycles. The van der Waals surface area contributed by atoms with Crippen molar-refractivity contribution in [2.45, 2.75) is 26.5 Å². The molecule has 0 atom stereocenters. The minimum atomic E-state index is 0.490. The van der Waals surface area contributed by atoms with E-state index in [1.807, 2.05) is 30.3 Å². The third-order valence-electron chi connectivity index (χ3n) is 4.71. The van der Waals surface area contributed by atoms with Gasteiger partial charge in [0.2, 0.25) is 0 Å². The Kier molecular flexibility index (Phi) is 8.46. The van der Waals surface area contributed by atoms with Gasteiger partial charge in [0.05, 0.1) is 7.11 Å². The molecule has 0 saturated heterocycles. The number of halogens is 3. The smallest absolute Gasteiger partial charge is 0.162 e. The van der Waals surface area contributed by atoms with Gasteiger partial charge in [-0.1, -0.05) is 75.0 Å². The van der Waals surface area contributed by atoms with E-state index in [1.165, 1.54) is 5.56 Å². The van der Waals surface area contributed by atoms with Gasteiger partial charge in [0.15, 0.2) is 11.5 Å². The Morgan fingerprint density at radius 1 is 0.967 bits per heavy atom. The number of nitrogens with one attached hydrogen (secondary N) is 1. The van der Waals surface area contributed by atoms with Crippen molar-refractivity contribution >= 4 is 39.1 Å². The van der Waals surface area contributed by atoms with Crippen LogP contribution in [0.25, 0.3) is 0 Å². The van der Waals surface area contributed by atoms with Gasteiger partial charge in [-0.2, -0.15) is 0 Å². The van der Waals surface area contributed by atoms with Crippen molar-refractivity contribution in [2.75, 3.05) is 13.7 Å². The first-order chi connectivity index (χ1) is 14.5. The van der Waals surface area contributed by atoms with Gasteiger partial charge in [-0.25, -0.2) is 0 Å². The van der Waals surface area contributed by atoms with Crippen LogP contribution in [-0.2, 0) is 19.6 Å². The zero-order valence-electron chi connectivity index (χ0n) is 17.0. The second kappa shape index (κ2) is 11.1. The molecule has 0 aliphatic carbocycles. The fourth-order valence-corrected chi connectivity index (χ4v) is 4.08. The zero-order valence-corrected chi connectivity index (χ0v) is 20.1. The number of rotatable bonds is 9. The molecule has 0 unspecified atom stereocenters. The lowest BCUT2D eigenvalue weighted by Crippen LogP contribution is -2.17. The van der Waals surface area contributed by atoms with Crippen LogP contribution in [-0.4, -0.2) is 13.7 Å². The second-order valence-corrected chi connectivity index (χ2v) is 8.73. The van der Waals surface area contributed by atoms with Crippen LogP contribution < -0.4 is 14.8 Å². The molecular formula is C24H24BrCl2NO2. The topological polar surface area (TPSA) is 30.5 Å². The third kappa shape index (κ3) is 6.39. The molecule has 0 amide bonds. The summed E-state index contributed by atoms with van der Waals surface area (Å²) in [5.41, 5.74) is 4.51. The first-order valence-corrected chi connectivity index (χ1v) is 11.2. The molecule has 0 heterocycles. The van der Waals surface area contributed by atoms with E-state index < -0.39 is 0 Å². The van der Waals surface area contributed by atoms with E-state index >= 15 is 0 Å². The summed E-state index contributed by atoms with van der Waals surface area (Å²) < 4.78 is 12.5. The van der Waals surface area contributed by atoms with Crippen LogP contribution in [0.4, 0.5) is 0 Å². The maximum atomic E-state index is 6.24. The summed E-state index contributed by atoms with van der Waals surface area (Å²) in [6, 6.07) is 17.8. The fourth-order valence-electron chi connectivity index (χ4n) is 3.12. The van der Waals surface area contributed by atoms with Crippen LogP contribution in [0.5, 0.6) is 11.5 Å². The summed E-state index contributed by atoms with van der Waals surface area (Å²) in [5, 5.41) is 4.80. The summed E-state index contributed by atoms with van der Waals surface area (Å²) in [6.07, 6.45) is 0.822. The Hall–Kier alpha value is -1.72. The first-order valence-electron chi connectivity index (χ1n) is 9.65. The van der Waals surface area contributed by atoms with Crippen molar-refractivity contribution in [1.29, 1.82) is 0 Å². The zero-order chi connectivity index (χ0) is 21.5. The molecule has 30 heavy (non-hydrogen) atoms. The number of hydrogen-bond acceptors (Lipinski definition) is 3. The SMILES string of the molecule is COc1cc(CNCCc2ccc(Cl)cc2Cl)c(Br)cc1OCc1cccc(C)c1. The molecule has 3 rings (SSSR count). The standard InChI is InChI=1S/C24H24BrCl2NO2/c1-16-4-3-5-17(10-16)15-30-24-13-21(25)19(11-23(24)29-2)14-28-9-8-18-6-7-20(26)12-22(18)27/h3-7,10-13,28H,8-9,14-15H2,1-2H3. The summed E-state index contributed by atoms with van der Waals surface area (Å²) in [5.74, 6) is 1.42. The summed E-state index contributed by atoms with van der Waals surface area (Å²) >= 11 is 15.8. The van der Waals surface area contributed by atoms with Gasteiger partial charge in [0.25, 0.3) is 0 Å². The molecule has 158 valence electrons. The van der Waals surface area contributed by atoms with Crippen molar-refractivity contribution in [2.24, 2.45) is 0 Å². The Balaban J connectivity index is 1.59. The van der Waals surface area contributed by atoms with Crippen molar-refractivity contribution in [3.8, 4) is 11.5 Å². The molecule has 3 aromatic carbocycles. The molecule has 0 bridgehead atoms. The highest BCUT2D eigenvalue weighted by Gasteiger charge is 2.11. The van der Waals surface area contributed by atoms with E-state index in [0.717, 1.165) is 34.1 Å². The van der Waals surface area contributed by atoms with Crippen molar-refractivity contribution in [3.63, 3.8) is 0 Å². The maximum absolute atomic E-state index is 6.24. The lowest BCUT2D eigenvalue weighted by Gasteiger charge is -2.15. The monoisotopic (exact) mass is 507 g/mol. The van der Waals surface area contributed by atoms with E-state index in [4.69, 9.17) is 32.7 Å². The van der Waals surface area contributed by atoms with E-state index in [2.05, 4.69) is 46.4 Å². The van der Waals surface area contributed by atoms with Crippen molar-refractivity contribution in [3.05, 3.63) is 91.4 Å². The number of aryl methyl sites for hydroxylation is 1. The highest BCUT2D eigenvalue weighted by atomic mass is 79.9. The molecule has 6 heteroatoms. The van der Waals surface area contributed by atoms with E-state index in [9.17, 15) is 0 Å². The minimum absolute atomic E-state index is 0.490. The summed E-state index contributed by atoms with van der Waals surface area (Å²) in [6.45, 7) is 4.05. The van der Waals surface area contributed by atoms with Crippen LogP contribution in [0, 0.1) is 6.92 Å². The number of benzene rings is 3. The molecule has 0 saturated carbocycles. The van der Waals surface area contributed by atoms with Gasteiger partial charge < -0.3 is 14.8 Å². The molecule has 3 nitrogen and oxygen atoms in total. The molecule has 0 aliphatic rings. The number of hydrogen-bond donors (Lipinski definition) is 1. The molecule has 0 aromatic heterocycles. The second-order valence-electron chi connectivity index (χ2n) is 7.03. The predicted octanol–water partition coefficient (Wildman–Crippen LogP) is 6.98. The van der Waals surface area contributed by atoms with Gasteiger partial charge in [-0.15, -0.1) is 0 Å². The quantitative estimate of drug-likeness (QED) is 0.316. The summed E-state index contributed by atoms with van der Waals surface area (Å²) in [7, 11) is 1.66. The van der Waals surface area contributed by atoms with E-state index in [0.29, 0.717) is 34.7 Å². The van der Waals surface area contributed by atoms with Gasteiger partial charge >= 0.3 is 0 Å². The van der Waals surface area contributed by atoms with Crippen molar-refractivity contribution < 1.29 is 9.47 Å². The Bertz CT molecular complexity index is 1010. The van der Waals surface area contributed by atoms with Crippen LogP contribution in [0.2, 0.25) is 10.0 Å². The van der Waals surface area contributed by atoms with Crippen LogP contribution in [0.1, 0.15) is 22.3 Å². The first kappa shape index (κ1) is 23.0. The van der Waals surface area contributed by atoms with Gasteiger partial charge in [0.1, 0.15) is 6.61 Å². The molecule has 0 spiro atoms. The molecule has 1 N–H and O–H groups in total. The average molecular weight is 509 g/mol. The molecular weight excluding hydrogens is 485 g/mol. The van der Waals surface area contributed by atoms with Gasteiger partial charge in [-0.3, -0.25) is 0 Å². The minimum Gasteiger partial charge on any atom is -0.493 e. The highest BCUT2D eigenvalue weighted by molar-refractivity contribution is 9.10. The normalized spacial score (nSPS) is 10.8. The number of methoxy groups -OCH3 is 1. The van der Waals surface area contributed by atoms with Gasteiger partial charge in [0, 0.05) is 21.1 Å². The lowest BCUT2D eigenvalue weighted by atomic mass is 10.1. The lowest BCUT2D eigenvalue weighted by molar-refractivity contribution is 0.284. The maximum Gasteiger partial charge on any atom is 0.162 e. The Labute approximate surface area is 196 Å². The van der Waals surface area contributed by atoms with E-state index in [-0.39, 0.29) is 0 Å². The van der Waals surface area contributed by atoms with Crippen molar-refractivity contribution in [1.82, 2.24) is 5.32 Å². The van der Waals surface area contributed by atoms with Crippen LogP contribution >= 0.6 is 39.1 Å². The highest BCUT2D eigenvalue weighted by Crippen LogP contribution is 2.34. The van der Waals surface area contributed by atoms with Crippen LogP contribution in [0.3, 0.4) is 0 Å². The van der Waals surface area contributed by atoms with Crippen LogP contribution in [0.15, 0.2) is 59.1 Å². The third-order valence-corrected chi connectivity index (χ3v) is 6.04. The van der Waals surface area contributed by atoms with Gasteiger partial charge in [-0.05, 0) is 60.8 Å². The fraction of sp³-hybridized carbons (Fsp3) is 0.250.